The van der Waals surface area contributed by atoms with Gasteiger partial charge in [0.25, 0.3) is 0 Å². The molecule has 1 aromatic rings. The summed E-state index contributed by atoms with van der Waals surface area (Å²) in [6.07, 6.45) is 4.70. The number of fused-ring (bicyclic) bond motifs is 5. The van der Waals surface area contributed by atoms with Gasteiger partial charge in [-0.1, -0.05) is 24.3 Å². The minimum Gasteiger partial charge on any atom is -0.294 e. The Bertz CT molecular complexity index is 565. The zero-order valence-corrected chi connectivity index (χ0v) is 10.1. The summed E-state index contributed by atoms with van der Waals surface area (Å²) in [4.78, 5) is 25.3. The summed E-state index contributed by atoms with van der Waals surface area (Å²) in [6, 6.07) is 7.41. The third kappa shape index (κ3) is 0.730. The maximum Gasteiger partial charge on any atom is 0.168 e. The number of benzene rings is 1. The van der Waals surface area contributed by atoms with Crippen LogP contribution in [0.25, 0.3) is 0 Å². The minimum atomic E-state index is 0.0300. The average Bonchev–Trinajstić information content (AvgIpc) is 3.26. The third-order valence-corrected chi connectivity index (χ3v) is 6.12. The molecule has 0 N–H and O–H groups in total. The molecule has 1 aromatic carbocycles. The van der Waals surface area contributed by atoms with Crippen molar-refractivity contribution in [1.29, 1.82) is 0 Å². The first-order valence-corrected chi connectivity index (χ1v) is 6.89. The van der Waals surface area contributed by atoms with Crippen LogP contribution in [0.1, 0.15) is 46.4 Å². The lowest BCUT2D eigenvalue weighted by Crippen LogP contribution is -2.60. The number of hydrogen-bond donors (Lipinski definition) is 0. The van der Waals surface area contributed by atoms with Crippen LogP contribution in [0.2, 0.25) is 0 Å². The lowest BCUT2D eigenvalue weighted by atomic mass is 9.45. The van der Waals surface area contributed by atoms with Gasteiger partial charge in [0.05, 0.1) is 0 Å². The number of ketones is 2. The van der Waals surface area contributed by atoms with Crippen molar-refractivity contribution in [2.75, 3.05) is 0 Å². The first-order valence-electron chi connectivity index (χ1n) is 6.89. The van der Waals surface area contributed by atoms with E-state index in [0.717, 1.165) is 0 Å². The molecule has 2 spiro atoms. The summed E-state index contributed by atoms with van der Waals surface area (Å²) in [5.41, 5.74) is 1.87. The van der Waals surface area contributed by atoms with Gasteiger partial charge in [0, 0.05) is 23.0 Å². The van der Waals surface area contributed by atoms with Crippen molar-refractivity contribution < 1.29 is 9.59 Å². The van der Waals surface area contributed by atoms with E-state index in [1.54, 1.807) is 0 Å². The van der Waals surface area contributed by atoms with Crippen LogP contribution in [0.15, 0.2) is 24.3 Å². The van der Waals surface area contributed by atoms with Crippen LogP contribution in [0.3, 0.4) is 0 Å². The molecule has 0 heterocycles. The Hall–Kier alpha value is -1.44. The van der Waals surface area contributed by atoms with E-state index in [1.807, 2.05) is 24.3 Å². The van der Waals surface area contributed by atoms with E-state index in [-0.39, 0.29) is 34.2 Å². The van der Waals surface area contributed by atoms with Gasteiger partial charge in [-0.2, -0.15) is 0 Å². The quantitative estimate of drug-likeness (QED) is 0.696. The second kappa shape index (κ2) is 2.47. The molecule has 2 heteroatoms. The number of carbonyl (C=O) groups is 2. The molecule has 0 unspecified atom stereocenters. The molecule has 0 bridgehead atoms. The topological polar surface area (TPSA) is 34.1 Å². The van der Waals surface area contributed by atoms with Crippen molar-refractivity contribution in [3.05, 3.63) is 35.4 Å². The lowest BCUT2D eigenvalue weighted by Gasteiger charge is -2.55. The van der Waals surface area contributed by atoms with Gasteiger partial charge >= 0.3 is 0 Å². The predicted molar refractivity (Wildman–Crippen MR) is 65.4 cm³/mol. The highest BCUT2D eigenvalue weighted by molar-refractivity contribution is 6.18. The Morgan fingerprint density at radius 2 is 1.17 bits per heavy atom. The highest BCUT2D eigenvalue weighted by Crippen LogP contribution is 2.87. The molecule has 0 saturated heterocycles. The number of carbonyl (C=O) groups excluding carboxylic acids is 2. The third-order valence-electron chi connectivity index (χ3n) is 6.12. The van der Waals surface area contributed by atoms with Crippen LogP contribution in [-0.4, -0.2) is 11.6 Å². The molecule has 0 aliphatic heterocycles. The van der Waals surface area contributed by atoms with Crippen LogP contribution in [0, 0.1) is 22.7 Å². The minimum absolute atomic E-state index is 0.0300. The Morgan fingerprint density at radius 1 is 0.778 bits per heavy atom. The van der Waals surface area contributed by atoms with Crippen molar-refractivity contribution in [2.24, 2.45) is 22.7 Å². The van der Waals surface area contributed by atoms with E-state index in [4.69, 9.17) is 0 Å². The molecule has 3 saturated carbocycles. The number of hydrogen-bond acceptors (Lipinski definition) is 2. The smallest absolute Gasteiger partial charge is 0.168 e. The van der Waals surface area contributed by atoms with Crippen molar-refractivity contribution in [3.63, 3.8) is 0 Å². The van der Waals surface area contributed by atoms with Crippen molar-refractivity contribution >= 4 is 11.6 Å². The van der Waals surface area contributed by atoms with E-state index in [9.17, 15) is 9.59 Å². The van der Waals surface area contributed by atoms with Crippen LogP contribution in [0.4, 0.5) is 0 Å². The van der Waals surface area contributed by atoms with Crippen molar-refractivity contribution in [1.82, 2.24) is 0 Å². The van der Waals surface area contributed by atoms with Crippen LogP contribution < -0.4 is 0 Å². The summed E-state index contributed by atoms with van der Waals surface area (Å²) in [5.74, 6) is 0.570. The SMILES string of the molecule is O=C1c2ccccc2C(=O)[C@H]2[C@@H]1C1(CC1)C21CC1. The Labute approximate surface area is 105 Å². The summed E-state index contributed by atoms with van der Waals surface area (Å²) in [5, 5.41) is 0. The lowest BCUT2D eigenvalue weighted by molar-refractivity contribution is -0.0370. The van der Waals surface area contributed by atoms with Crippen molar-refractivity contribution in [2.45, 2.75) is 25.7 Å². The summed E-state index contributed by atoms with van der Waals surface area (Å²) in [6.45, 7) is 0. The van der Waals surface area contributed by atoms with Gasteiger partial charge in [-0.25, -0.2) is 0 Å². The molecule has 0 amide bonds. The molecule has 3 fully saturated rings. The molecule has 18 heavy (non-hydrogen) atoms. The van der Waals surface area contributed by atoms with Crippen LogP contribution in [0.5, 0.6) is 0 Å². The fraction of sp³-hybridized carbons (Fsp3) is 0.500. The number of rotatable bonds is 0. The molecular formula is C16H14O2. The van der Waals surface area contributed by atoms with Gasteiger partial charge in [0.15, 0.2) is 11.6 Å². The van der Waals surface area contributed by atoms with Gasteiger partial charge < -0.3 is 0 Å². The molecular weight excluding hydrogens is 224 g/mol. The second-order valence-corrected chi connectivity index (χ2v) is 6.54. The van der Waals surface area contributed by atoms with E-state index >= 15 is 0 Å². The Kier molecular flexibility index (Phi) is 1.30. The van der Waals surface area contributed by atoms with Gasteiger partial charge in [-0.05, 0) is 36.5 Å². The van der Waals surface area contributed by atoms with Gasteiger partial charge in [0.2, 0.25) is 0 Å². The molecule has 0 aromatic heterocycles. The summed E-state index contributed by atoms with van der Waals surface area (Å²) < 4.78 is 0. The first kappa shape index (κ1) is 9.48. The molecule has 0 radical (unpaired) electrons. The molecule has 90 valence electrons. The van der Waals surface area contributed by atoms with Crippen LogP contribution >= 0.6 is 0 Å². The van der Waals surface area contributed by atoms with E-state index in [1.165, 1.54) is 25.7 Å². The first-order chi connectivity index (χ1) is 8.71. The second-order valence-electron chi connectivity index (χ2n) is 6.54. The molecule has 4 aliphatic rings. The monoisotopic (exact) mass is 238 g/mol. The van der Waals surface area contributed by atoms with E-state index in [2.05, 4.69) is 0 Å². The van der Waals surface area contributed by atoms with Gasteiger partial charge in [-0.15, -0.1) is 0 Å². The molecule has 2 atom stereocenters. The summed E-state index contributed by atoms with van der Waals surface area (Å²) >= 11 is 0. The van der Waals surface area contributed by atoms with Crippen LogP contribution in [-0.2, 0) is 0 Å². The molecule has 4 aliphatic carbocycles. The molecule has 2 nitrogen and oxygen atoms in total. The van der Waals surface area contributed by atoms with Gasteiger partial charge in [0.1, 0.15) is 0 Å². The fourth-order valence-electron chi connectivity index (χ4n) is 5.10. The average molecular weight is 238 g/mol. The Morgan fingerprint density at radius 3 is 1.50 bits per heavy atom. The molecule has 5 rings (SSSR count). The van der Waals surface area contributed by atoms with E-state index < -0.39 is 0 Å². The normalized spacial score (nSPS) is 36.0. The van der Waals surface area contributed by atoms with Crippen molar-refractivity contribution in [3.8, 4) is 0 Å². The predicted octanol–water partition coefficient (Wildman–Crippen LogP) is 2.87. The standard InChI is InChI=1S/C16H14O2/c17-13-9-3-1-2-4-10(9)14(18)12-11(13)15(5-6-15)16(12)7-8-16/h1-4,11-12H,5-8H2/t11-,12+. The highest BCUT2D eigenvalue weighted by atomic mass is 16.1. The fourth-order valence-corrected chi connectivity index (χ4v) is 5.10. The maximum absolute atomic E-state index is 12.6. The Balaban J connectivity index is 1.74. The highest BCUT2D eigenvalue weighted by Gasteiger charge is 2.84. The maximum atomic E-state index is 12.6. The zero-order valence-electron chi connectivity index (χ0n) is 10.1. The largest absolute Gasteiger partial charge is 0.294 e. The van der Waals surface area contributed by atoms with E-state index in [0.29, 0.717) is 11.1 Å². The zero-order chi connectivity index (χ0) is 12.1. The van der Waals surface area contributed by atoms with Gasteiger partial charge in [-0.3, -0.25) is 9.59 Å². The summed E-state index contributed by atoms with van der Waals surface area (Å²) in [7, 11) is 0. The number of Topliss-reactive ketones (excluding diaryl/α,β-unsaturated/α-hetero) is 2.